The number of amides is 3. The molecule has 0 spiro atoms. The number of anilines is 1. The lowest BCUT2D eigenvalue weighted by atomic mass is 10.1. The predicted molar refractivity (Wildman–Crippen MR) is 146 cm³/mol. The number of halogens is 1. The van der Waals surface area contributed by atoms with Crippen LogP contribution in [0.25, 0.3) is 6.08 Å². The molecule has 1 aliphatic heterocycles. The highest BCUT2D eigenvalue weighted by Gasteiger charge is 2.36. The summed E-state index contributed by atoms with van der Waals surface area (Å²) in [5.41, 5.74) is 3.27. The van der Waals surface area contributed by atoms with Crippen molar-refractivity contribution >= 4 is 58.1 Å². The van der Waals surface area contributed by atoms with Crippen molar-refractivity contribution in [2.24, 2.45) is 0 Å². The molecule has 0 aromatic heterocycles. The van der Waals surface area contributed by atoms with Gasteiger partial charge in [-0.1, -0.05) is 53.6 Å². The van der Waals surface area contributed by atoms with Crippen molar-refractivity contribution in [1.29, 1.82) is 0 Å². The van der Waals surface area contributed by atoms with Crippen LogP contribution < -0.4 is 10.1 Å². The highest BCUT2D eigenvalue weighted by molar-refractivity contribution is 8.18. The summed E-state index contributed by atoms with van der Waals surface area (Å²) in [6, 6.07) is 19.5. The van der Waals surface area contributed by atoms with E-state index in [0.29, 0.717) is 17.9 Å². The molecule has 3 amide bonds. The van der Waals surface area contributed by atoms with E-state index in [2.05, 4.69) is 16.1 Å². The SMILES string of the molecule is COC(=O)c1cc(NC(=O)CN2C(=O)S/C(=C/c3ccc(OCc4cccc(C)c4)cc3)C2=O)ccc1Cl. The Morgan fingerprint density at radius 3 is 2.53 bits per heavy atom. The first-order valence-corrected chi connectivity index (χ1v) is 12.6. The van der Waals surface area contributed by atoms with Gasteiger partial charge < -0.3 is 14.8 Å². The summed E-state index contributed by atoms with van der Waals surface area (Å²) in [6.07, 6.45) is 1.59. The van der Waals surface area contributed by atoms with Crippen molar-refractivity contribution in [1.82, 2.24) is 4.90 Å². The highest BCUT2D eigenvalue weighted by Crippen LogP contribution is 2.32. The maximum absolute atomic E-state index is 12.8. The molecule has 1 aliphatic rings. The smallest absolute Gasteiger partial charge is 0.339 e. The Hall–Kier alpha value is -4.08. The number of ether oxygens (including phenoxy) is 2. The number of rotatable bonds is 8. The van der Waals surface area contributed by atoms with Gasteiger partial charge in [0.1, 0.15) is 18.9 Å². The van der Waals surface area contributed by atoms with E-state index in [0.717, 1.165) is 27.8 Å². The second-order valence-electron chi connectivity index (χ2n) is 8.35. The van der Waals surface area contributed by atoms with E-state index in [1.165, 1.54) is 25.3 Å². The second kappa shape index (κ2) is 12.0. The molecule has 194 valence electrons. The number of esters is 1. The lowest BCUT2D eigenvalue weighted by Crippen LogP contribution is -2.36. The first-order valence-electron chi connectivity index (χ1n) is 11.4. The van der Waals surface area contributed by atoms with Gasteiger partial charge in [-0.2, -0.15) is 0 Å². The largest absolute Gasteiger partial charge is 0.489 e. The lowest BCUT2D eigenvalue weighted by Gasteiger charge is -2.13. The number of imide groups is 1. The Balaban J connectivity index is 1.36. The van der Waals surface area contributed by atoms with Gasteiger partial charge >= 0.3 is 5.97 Å². The third-order valence-electron chi connectivity index (χ3n) is 5.50. The average Bonchev–Trinajstić information content (AvgIpc) is 3.16. The molecule has 38 heavy (non-hydrogen) atoms. The molecule has 8 nitrogen and oxygen atoms in total. The van der Waals surface area contributed by atoms with E-state index in [4.69, 9.17) is 16.3 Å². The van der Waals surface area contributed by atoms with Crippen molar-refractivity contribution in [3.63, 3.8) is 0 Å². The zero-order valence-electron chi connectivity index (χ0n) is 20.5. The van der Waals surface area contributed by atoms with Crippen molar-refractivity contribution in [3.05, 3.63) is 98.9 Å². The Bertz CT molecular complexity index is 1440. The molecule has 1 fully saturated rings. The van der Waals surface area contributed by atoms with Crippen molar-refractivity contribution < 1.29 is 28.7 Å². The number of methoxy groups -OCH3 is 1. The van der Waals surface area contributed by atoms with Crippen LogP contribution in [0.4, 0.5) is 10.5 Å². The fraction of sp³-hybridized carbons (Fsp3) is 0.143. The van der Waals surface area contributed by atoms with Gasteiger partial charge in [-0.15, -0.1) is 0 Å². The number of hydrogen-bond donors (Lipinski definition) is 1. The number of nitrogens with zero attached hydrogens (tertiary/aromatic N) is 1. The maximum Gasteiger partial charge on any atom is 0.339 e. The fourth-order valence-electron chi connectivity index (χ4n) is 3.63. The van der Waals surface area contributed by atoms with E-state index in [-0.39, 0.29) is 21.2 Å². The predicted octanol–water partition coefficient (Wildman–Crippen LogP) is 5.69. The van der Waals surface area contributed by atoms with E-state index in [1.54, 1.807) is 30.3 Å². The summed E-state index contributed by atoms with van der Waals surface area (Å²) in [6.45, 7) is 1.97. The van der Waals surface area contributed by atoms with Gasteiger partial charge in [0, 0.05) is 5.69 Å². The summed E-state index contributed by atoms with van der Waals surface area (Å²) < 4.78 is 10.5. The van der Waals surface area contributed by atoms with Gasteiger partial charge in [0.15, 0.2) is 0 Å². The summed E-state index contributed by atoms with van der Waals surface area (Å²) in [5, 5.41) is 2.17. The topological polar surface area (TPSA) is 102 Å². The van der Waals surface area contributed by atoms with Gasteiger partial charge in [-0.3, -0.25) is 19.3 Å². The van der Waals surface area contributed by atoms with E-state index in [9.17, 15) is 19.2 Å². The number of thioether (sulfide) groups is 1. The Kier molecular flexibility index (Phi) is 8.50. The first-order chi connectivity index (χ1) is 18.2. The maximum atomic E-state index is 12.8. The fourth-order valence-corrected chi connectivity index (χ4v) is 4.66. The molecule has 0 unspecified atom stereocenters. The van der Waals surface area contributed by atoms with Crippen LogP contribution in [0, 0.1) is 6.92 Å². The number of benzene rings is 3. The molecule has 1 saturated heterocycles. The van der Waals surface area contributed by atoms with E-state index in [1.807, 2.05) is 25.1 Å². The lowest BCUT2D eigenvalue weighted by molar-refractivity contribution is -0.127. The van der Waals surface area contributed by atoms with Gasteiger partial charge in [0.25, 0.3) is 11.1 Å². The van der Waals surface area contributed by atoms with E-state index < -0.39 is 29.6 Å². The number of carbonyl (C=O) groups is 4. The van der Waals surface area contributed by atoms with Crippen LogP contribution in [-0.2, 0) is 20.9 Å². The quantitative estimate of drug-likeness (QED) is 0.284. The number of aryl methyl sites for hydroxylation is 1. The molecule has 1 heterocycles. The molecule has 0 bridgehead atoms. The minimum atomic E-state index is -0.659. The number of hydrogen-bond acceptors (Lipinski definition) is 7. The molecule has 0 saturated carbocycles. The first kappa shape index (κ1) is 27.0. The molecule has 3 aromatic rings. The van der Waals surface area contributed by atoms with Gasteiger partial charge in [-0.05, 0) is 66.2 Å². The van der Waals surface area contributed by atoms with Crippen LogP contribution >= 0.6 is 23.4 Å². The molecule has 0 radical (unpaired) electrons. The van der Waals surface area contributed by atoms with Crippen LogP contribution in [-0.4, -0.2) is 41.6 Å². The molecular formula is C28H23ClN2O6S. The summed E-state index contributed by atoms with van der Waals surface area (Å²) in [7, 11) is 1.21. The number of nitrogens with one attached hydrogen (secondary N) is 1. The summed E-state index contributed by atoms with van der Waals surface area (Å²) in [5.74, 6) is -1.16. The Labute approximate surface area is 228 Å². The average molecular weight is 551 g/mol. The molecule has 1 N–H and O–H groups in total. The molecular weight excluding hydrogens is 528 g/mol. The minimum absolute atomic E-state index is 0.0765. The second-order valence-corrected chi connectivity index (χ2v) is 9.75. The van der Waals surface area contributed by atoms with Gasteiger partial charge in [-0.25, -0.2) is 4.79 Å². The van der Waals surface area contributed by atoms with Crippen LogP contribution in [0.15, 0.2) is 71.6 Å². The zero-order chi connectivity index (χ0) is 27.2. The summed E-state index contributed by atoms with van der Waals surface area (Å²) in [4.78, 5) is 50.7. The standard InChI is InChI=1S/C28H23ClN2O6S/c1-17-4-3-5-19(12-17)16-37-21-9-6-18(7-10-21)13-24-26(33)31(28(35)38-24)15-25(32)30-20-8-11-23(29)22(14-20)27(34)36-2/h3-14H,15-16H2,1-2H3,(H,30,32)/b24-13+. The van der Waals surface area contributed by atoms with Crippen molar-refractivity contribution in [3.8, 4) is 5.75 Å². The molecule has 4 rings (SSSR count). The van der Waals surface area contributed by atoms with Gasteiger partial charge in [0.2, 0.25) is 5.91 Å². The number of carbonyl (C=O) groups excluding carboxylic acids is 4. The van der Waals surface area contributed by atoms with Crippen molar-refractivity contribution in [2.45, 2.75) is 13.5 Å². The molecule has 0 aliphatic carbocycles. The van der Waals surface area contributed by atoms with E-state index >= 15 is 0 Å². The van der Waals surface area contributed by atoms with Crippen LogP contribution in [0.2, 0.25) is 5.02 Å². The molecule has 0 atom stereocenters. The zero-order valence-corrected chi connectivity index (χ0v) is 22.1. The summed E-state index contributed by atoms with van der Waals surface area (Å²) >= 11 is 6.75. The Morgan fingerprint density at radius 1 is 1.05 bits per heavy atom. The molecule has 10 heteroatoms. The Morgan fingerprint density at radius 2 is 1.82 bits per heavy atom. The third kappa shape index (κ3) is 6.62. The monoisotopic (exact) mass is 550 g/mol. The van der Waals surface area contributed by atoms with Crippen LogP contribution in [0.1, 0.15) is 27.0 Å². The minimum Gasteiger partial charge on any atom is -0.489 e. The highest BCUT2D eigenvalue weighted by atomic mass is 35.5. The normalized spacial score (nSPS) is 14.1. The molecule has 3 aromatic carbocycles. The van der Waals surface area contributed by atoms with Crippen LogP contribution in [0.5, 0.6) is 5.75 Å². The van der Waals surface area contributed by atoms with Gasteiger partial charge in [0.05, 0.1) is 22.6 Å². The van der Waals surface area contributed by atoms with Crippen molar-refractivity contribution in [2.75, 3.05) is 19.0 Å². The van der Waals surface area contributed by atoms with Crippen LogP contribution in [0.3, 0.4) is 0 Å². The third-order valence-corrected chi connectivity index (χ3v) is 6.73.